The third-order valence-electron chi connectivity index (χ3n) is 3.36. The first kappa shape index (κ1) is 16.1. The van der Waals surface area contributed by atoms with Crippen molar-refractivity contribution < 1.29 is 19.1 Å². The van der Waals surface area contributed by atoms with E-state index in [1.54, 1.807) is 38.1 Å². The van der Waals surface area contributed by atoms with Crippen LogP contribution in [0, 0.1) is 5.92 Å². The van der Waals surface area contributed by atoms with Gasteiger partial charge in [0.1, 0.15) is 17.5 Å². The molecule has 0 aliphatic heterocycles. The second kappa shape index (κ2) is 7.11. The molecule has 0 heterocycles. The van der Waals surface area contributed by atoms with Crippen molar-refractivity contribution in [2.45, 2.75) is 39.2 Å². The normalized spacial score (nSPS) is 16.5. The molecule has 5 nitrogen and oxygen atoms in total. The molecular formula is C17H19NO4. The molecule has 22 heavy (non-hydrogen) atoms. The smallest absolute Gasteiger partial charge is 0.338 e. The van der Waals surface area contributed by atoms with Crippen LogP contribution in [0.1, 0.15) is 43.5 Å². The van der Waals surface area contributed by atoms with Crippen LogP contribution in [-0.4, -0.2) is 29.9 Å². The topological polar surface area (TPSA) is 72.8 Å². The van der Waals surface area contributed by atoms with Gasteiger partial charge in [0.2, 0.25) is 0 Å². The molecular weight excluding hydrogens is 282 g/mol. The minimum absolute atomic E-state index is 0.0721. The highest BCUT2D eigenvalue weighted by atomic mass is 16.5. The van der Waals surface area contributed by atoms with Crippen LogP contribution < -0.4 is 0 Å². The van der Waals surface area contributed by atoms with Gasteiger partial charge in [-0.3, -0.25) is 14.6 Å². The molecule has 116 valence electrons. The third-order valence-corrected chi connectivity index (χ3v) is 3.36. The maximum absolute atomic E-state index is 11.7. The molecule has 0 aromatic heterocycles. The highest BCUT2D eigenvalue weighted by Gasteiger charge is 2.28. The monoisotopic (exact) mass is 301 g/mol. The number of carbonyl (C=O) groups is 3. The lowest BCUT2D eigenvalue weighted by Crippen LogP contribution is -2.29. The van der Waals surface area contributed by atoms with Crippen LogP contribution in [0.25, 0.3) is 0 Å². The second-order valence-corrected chi connectivity index (χ2v) is 5.54. The Kier molecular flexibility index (Phi) is 5.20. The van der Waals surface area contributed by atoms with Crippen molar-refractivity contribution in [1.29, 1.82) is 0 Å². The van der Waals surface area contributed by atoms with E-state index < -0.39 is 5.92 Å². The first-order valence-corrected chi connectivity index (χ1v) is 7.38. The maximum atomic E-state index is 11.7. The molecule has 1 aliphatic rings. The SMILES string of the molecule is CC(C)OC(=O)c1ccc(N=CC2C(=O)CCCC2=O)cc1. The number of Topliss-reactive ketones (excluding diaryl/α,β-unsaturated/α-hetero) is 2. The van der Waals surface area contributed by atoms with E-state index in [0.29, 0.717) is 30.5 Å². The highest BCUT2D eigenvalue weighted by molar-refractivity contribution is 6.16. The van der Waals surface area contributed by atoms with Gasteiger partial charge in [0, 0.05) is 19.1 Å². The van der Waals surface area contributed by atoms with Crippen molar-refractivity contribution in [3.8, 4) is 0 Å². The van der Waals surface area contributed by atoms with Gasteiger partial charge in [-0.25, -0.2) is 4.79 Å². The zero-order chi connectivity index (χ0) is 16.1. The van der Waals surface area contributed by atoms with Crippen molar-refractivity contribution in [1.82, 2.24) is 0 Å². The van der Waals surface area contributed by atoms with Crippen molar-refractivity contribution in [3.63, 3.8) is 0 Å². The summed E-state index contributed by atoms with van der Waals surface area (Å²) in [7, 11) is 0. The fourth-order valence-electron chi connectivity index (χ4n) is 2.22. The van der Waals surface area contributed by atoms with E-state index in [9.17, 15) is 14.4 Å². The molecule has 1 aromatic rings. The lowest BCUT2D eigenvalue weighted by molar-refractivity contribution is -0.132. The Morgan fingerprint density at radius 1 is 1.18 bits per heavy atom. The summed E-state index contributed by atoms with van der Waals surface area (Å²) < 4.78 is 5.09. The summed E-state index contributed by atoms with van der Waals surface area (Å²) in [5.41, 5.74) is 1.03. The summed E-state index contributed by atoms with van der Waals surface area (Å²) in [5.74, 6) is -1.25. The lowest BCUT2D eigenvalue weighted by Gasteiger charge is -2.14. The summed E-state index contributed by atoms with van der Waals surface area (Å²) in [4.78, 5) is 39.3. The minimum Gasteiger partial charge on any atom is -0.459 e. The van der Waals surface area contributed by atoms with Gasteiger partial charge in [0.25, 0.3) is 0 Å². The van der Waals surface area contributed by atoms with E-state index in [1.165, 1.54) is 6.21 Å². The van der Waals surface area contributed by atoms with Gasteiger partial charge in [-0.1, -0.05) is 0 Å². The molecule has 0 unspecified atom stereocenters. The zero-order valence-electron chi connectivity index (χ0n) is 12.7. The summed E-state index contributed by atoms with van der Waals surface area (Å²) >= 11 is 0. The number of aliphatic imine (C=N–C) groups is 1. The number of carbonyl (C=O) groups excluding carboxylic acids is 3. The summed E-state index contributed by atoms with van der Waals surface area (Å²) in [6.07, 6.45) is 2.73. The zero-order valence-corrected chi connectivity index (χ0v) is 12.7. The maximum Gasteiger partial charge on any atom is 0.338 e. The number of ether oxygens (including phenoxy) is 1. The van der Waals surface area contributed by atoms with Crippen molar-refractivity contribution in [2.24, 2.45) is 10.9 Å². The van der Waals surface area contributed by atoms with Gasteiger partial charge < -0.3 is 4.74 Å². The first-order chi connectivity index (χ1) is 10.5. The van der Waals surface area contributed by atoms with E-state index in [1.807, 2.05) is 0 Å². The molecule has 0 amide bonds. The Morgan fingerprint density at radius 3 is 2.32 bits per heavy atom. The Balaban J connectivity index is 2.04. The average molecular weight is 301 g/mol. The minimum atomic E-state index is -0.723. The van der Waals surface area contributed by atoms with Crippen LogP contribution in [-0.2, 0) is 14.3 Å². The Labute approximate surface area is 129 Å². The van der Waals surface area contributed by atoms with Gasteiger partial charge in [-0.2, -0.15) is 0 Å². The Bertz CT molecular complexity index is 586. The van der Waals surface area contributed by atoms with Gasteiger partial charge in [-0.15, -0.1) is 0 Å². The summed E-state index contributed by atoms with van der Waals surface area (Å²) in [6, 6.07) is 6.54. The lowest BCUT2D eigenvalue weighted by atomic mass is 9.87. The number of ketones is 2. The van der Waals surface area contributed by atoms with Crippen LogP contribution in [0.3, 0.4) is 0 Å². The molecule has 1 fully saturated rings. The van der Waals surface area contributed by atoms with E-state index in [-0.39, 0.29) is 23.6 Å². The summed E-state index contributed by atoms with van der Waals surface area (Å²) in [6.45, 7) is 3.57. The van der Waals surface area contributed by atoms with Gasteiger partial charge in [0.05, 0.1) is 17.4 Å². The molecule has 0 saturated heterocycles. The third kappa shape index (κ3) is 4.10. The molecule has 5 heteroatoms. The van der Waals surface area contributed by atoms with E-state index in [4.69, 9.17) is 4.74 Å². The number of hydrogen-bond acceptors (Lipinski definition) is 5. The molecule has 0 radical (unpaired) electrons. The fourth-order valence-corrected chi connectivity index (χ4v) is 2.22. The van der Waals surface area contributed by atoms with Gasteiger partial charge >= 0.3 is 5.97 Å². The number of hydrogen-bond donors (Lipinski definition) is 0. The van der Waals surface area contributed by atoms with E-state index in [0.717, 1.165) is 0 Å². The van der Waals surface area contributed by atoms with Gasteiger partial charge in [-0.05, 0) is 44.5 Å². The fraction of sp³-hybridized carbons (Fsp3) is 0.412. The first-order valence-electron chi connectivity index (χ1n) is 7.38. The molecule has 0 N–H and O–H groups in total. The van der Waals surface area contributed by atoms with Crippen LogP contribution in [0.4, 0.5) is 5.69 Å². The van der Waals surface area contributed by atoms with Crippen molar-refractivity contribution >= 4 is 29.4 Å². The molecule has 0 spiro atoms. The molecule has 0 atom stereocenters. The van der Waals surface area contributed by atoms with Crippen LogP contribution in [0.2, 0.25) is 0 Å². The predicted molar refractivity (Wildman–Crippen MR) is 82.5 cm³/mol. The average Bonchev–Trinajstić information content (AvgIpc) is 2.46. The van der Waals surface area contributed by atoms with Crippen LogP contribution >= 0.6 is 0 Å². The molecule has 1 saturated carbocycles. The number of rotatable bonds is 4. The second-order valence-electron chi connectivity index (χ2n) is 5.54. The van der Waals surface area contributed by atoms with E-state index in [2.05, 4.69) is 4.99 Å². The van der Waals surface area contributed by atoms with Gasteiger partial charge in [0.15, 0.2) is 0 Å². The highest BCUT2D eigenvalue weighted by Crippen LogP contribution is 2.18. The van der Waals surface area contributed by atoms with Crippen molar-refractivity contribution in [2.75, 3.05) is 0 Å². The number of nitrogens with zero attached hydrogens (tertiary/aromatic N) is 1. The molecule has 1 aromatic carbocycles. The van der Waals surface area contributed by atoms with Crippen LogP contribution in [0.5, 0.6) is 0 Å². The Morgan fingerprint density at radius 2 is 1.77 bits per heavy atom. The Hall–Kier alpha value is -2.30. The molecule has 0 bridgehead atoms. The summed E-state index contributed by atoms with van der Waals surface area (Å²) in [5, 5.41) is 0. The molecule has 1 aliphatic carbocycles. The largest absolute Gasteiger partial charge is 0.459 e. The van der Waals surface area contributed by atoms with Crippen LogP contribution in [0.15, 0.2) is 29.3 Å². The number of benzene rings is 1. The van der Waals surface area contributed by atoms with Crippen molar-refractivity contribution in [3.05, 3.63) is 29.8 Å². The quantitative estimate of drug-likeness (QED) is 0.487. The van der Waals surface area contributed by atoms with E-state index >= 15 is 0 Å². The molecule has 2 rings (SSSR count). The standard InChI is InChI=1S/C17H19NO4/c1-11(2)22-17(21)12-6-8-13(9-7-12)18-10-14-15(19)4-3-5-16(14)20/h6-11,14H,3-5H2,1-2H3. The predicted octanol–water partition coefficient (Wildman–Crippen LogP) is 2.89. The number of esters is 1.